The summed E-state index contributed by atoms with van der Waals surface area (Å²) in [6.07, 6.45) is -7.55. The molecule has 2 rings (SSSR count). The van der Waals surface area contributed by atoms with Gasteiger partial charge in [-0.1, -0.05) is 6.07 Å². The number of alkyl halides is 6. The zero-order valence-electron chi connectivity index (χ0n) is 10.5. The number of benzene rings is 1. The molecule has 0 aliphatic heterocycles. The lowest BCUT2D eigenvalue weighted by atomic mass is 9.99. The third-order valence-corrected chi connectivity index (χ3v) is 2.68. The predicted molar refractivity (Wildman–Crippen MR) is 62.2 cm³/mol. The van der Waals surface area contributed by atoms with Crippen molar-refractivity contribution in [1.82, 2.24) is 9.97 Å². The Morgan fingerprint density at radius 3 is 1.62 bits per heavy atom. The molecule has 0 atom stereocenters. The maximum Gasteiger partial charge on any atom is 0.417 e. The second-order valence-electron chi connectivity index (χ2n) is 4.31. The highest BCUT2D eigenvalue weighted by Gasteiger charge is 2.41. The van der Waals surface area contributed by atoms with Gasteiger partial charge in [-0.05, 0) is 24.6 Å². The molecular weight excluding hydrogens is 298 g/mol. The average Bonchev–Trinajstić information content (AvgIpc) is 2.37. The first-order valence-electron chi connectivity index (χ1n) is 5.67. The van der Waals surface area contributed by atoms with E-state index in [2.05, 4.69) is 9.97 Å². The predicted octanol–water partition coefficient (Wildman–Crippen LogP) is 4.49. The molecule has 0 N–H and O–H groups in total. The van der Waals surface area contributed by atoms with Crippen LogP contribution in [-0.4, -0.2) is 9.97 Å². The normalized spacial score (nSPS) is 12.5. The average molecular weight is 306 g/mol. The van der Waals surface area contributed by atoms with E-state index in [-0.39, 0.29) is 0 Å². The highest BCUT2D eigenvalue weighted by molar-refractivity contribution is 5.66. The van der Waals surface area contributed by atoms with Gasteiger partial charge in [-0.3, -0.25) is 0 Å². The van der Waals surface area contributed by atoms with Crippen LogP contribution in [0.1, 0.15) is 16.7 Å². The lowest BCUT2D eigenvalue weighted by Crippen LogP contribution is -2.15. The van der Waals surface area contributed by atoms with Crippen molar-refractivity contribution >= 4 is 0 Å². The molecule has 0 unspecified atom stereocenters. The Balaban J connectivity index is 2.79. The van der Waals surface area contributed by atoms with Crippen LogP contribution in [0.15, 0.2) is 30.6 Å². The molecule has 2 aromatic rings. The quantitative estimate of drug-likeness (QED) is 0.725. The number of nitrogens with zero attached hydrogens (tertiary/aromatic N) is 2. The van der Waals surface area contributed by atoms with Crippen molar-refractivity contribution in [3.8, 4) is 11.4 Å². The molecule has 0 bridgehead atoms. The lowest BCUT2D eigenvalue weighted by Gasteiger charge is -2.17. The Hall–Kier alpha value is -2.12. The fraction of sp³-hybridized carbons (Fsp3) is 0.231. The third kappa shape index (κ3) is 3.14. The zero-order valence-corrected chi connectivity index (χ0v) is 10.5. The Morgan fingerprint density at radius 2 is 1.24 bits per heavy atom. The maximum atomic E-state index is 13.0. The highest BCUT2D eigenvalue weighted by Crippen LogP contribution is 2.43. The van der Waals surface area contributed by atoms with Gasteiger partial charge in [0, 0.05) is 18.0 Å². The third-order valence-electron chi connectivity index (χ3n) is 2.68. The molecule has 0 radical (unpaired) electrons. The summed E-state index contributed by atoms with van der Waals surface area (Å²) in [7, 11) is 0. The molecule has 21 heavy (non-hydrogen) atoms. The van der Waals surface area contributed by atoms with E-state index in [1.165, 1.54) is 0 Å². The number of rotatable bonds is 1. The Bertz CT molecular complexity index is 611. The van der Waals surface area contributed by atoms with Crippen LogP contribution < -0.4 is 0 Å². The summed E-state index contributed by atoms with van der Waals surface area (Å²) < 4.78 is 77.8. The Morgan fingerprint density at radius 1 is 0.810 bits per heavy atom. The van der Waals surface area contributed by atoms with Gasteiger partial charge in [-0.25, -0.2) is 9.97 Å². The molecule has 0 aliphatic carbocycles. The van der Waals surface area contributed by atoms with Crippen molar-refractivity contribution in [2.24, 2.45) is 0 Å². The molecule has 0 spiro atoms. The summed E-state index contributed by atoms with van der Waals surface area (Å²) in [6, 6.07) is 1.87. The van der Waals surface area contributed by atoms with Crippen molar-refractivity contribution in [1.29, 1.82) is 0 Å². The standard InChI is InChI=1S/C13H8F6N2/c1-7-5-20-11(21-6-7)10-8(12(14,15)16)3-2-4-9(10)13(17,18)19/h2-6H,1H3. The number of hydrogen-bond donors (Lipinski definition) is 0. The lowest BCUT2D eigenvalue weighted by molar-refractivity contribution is -0.142. The van der Waals surface area contributed by atoms with Gasteiger partial charge < -0.3 is 0 Å². The summed E-state index contributed by atoms with van der Waals surface area (Å²) >= 11 is 0. The first-order chi connectivity index (χ1) is 9.60. The number of aryl methyl sites for hydroxylation is 1. The smallest absolute Gasteiger partial charge is 0.236 e. The SMILES string of the molecule is Cc1cnc(-c2c(C(F)(F)F)cccc2C(F)(F)F)nc1. The summed E-state index contributed by atoms with van der Waals surface area (Å²) in [5.41, 5.74) is -3.36. The molecule has 0 aliphatic rings. The van der Waals surface area contributed by atoms with E-state index >= 15 is 0 Å². The fourth-order valence-electron chi connectivity index (χ4n) is 1.79. The molecule has 8 heteroatoms. The number of halogens is 6. The van der Waals surface area contributed by atoms with Crippen LogP contribution >= 0.6 is 0 Å². The van der Waals surface area contributed by atoms with Gasteiger partial charge in [0.2, 0.25) is 0 Å². The van der Waals surface area contributed by atoms with Crippen molar-refractivity contribution in [2.75, 3.05) is 0 Å². The van der Waals surface area contributed by atoms with E-state index in [0.29, 0.717) is 23.8 Å². The first kappa shape index (κ1) is 15.3. The van der Waals surface area contributed by atoms with Crippen LogP contribution in [0.25, 0.3) is 11.4 Å². The van der Waals surface area contributed by atoms with Gasteiger partial charge in [0.1, 0.15) is 0 Å². The van der Waals surface area contributed by atoms with E-state index in [9.17, 15) is 26.3 Å². The van der Waals surface area contributed by atoms with Crippen LogP contribution in [0.2, 0.25) is 0 Å². The topological polar surface area (TPSA) is 25.8 Å². The molecular formula is C13H8F6N2. The number of hydrogen-bond acceptors (Lipinski definition) is 2. The molecule has 0 amide bonds. The molecule has 2 nitrogen and oxygen atoms in total. The monoisotopic (exact) mass is 306 g/mol. The van der Waals surface area contributed by atoms with Gasteiger partial charge in [0.15, 0.2) is 5.82 Å². The summed E-state index contributed by atoms with van der Waals surface area (Å²) in [4.78, 5) is 7.17. The van der Waals surface area contributed by atoms with Gasteiger partial charge in [0.25, 0.3) is 0 Å². The van der Waals surface area contributed by atoms with Crippen molar-refractivity contribution in [3.63, 3.8) is 0 Å². The first-order valence-corrected chi connectivity index (χ1v) is 5.67. The molecule has 0 saturated carbocycles. The van der Waals surface area contributed by atoms with Gasteiger partial charge in [-0.2, -0.15) is 26.3 Å². The van der Waals surface area contributed by atoms with E-state index in [4.69, 9.17) is 0 Å². The van der Waals surface area contributed by atoms with E-state index in [1.54, 1.807) is 6.92 Å². The van der Waals surface area contributed by atoms with Crippen LogP contribution in [0, 0.1) is 6.92 Å². The molecule has 112 valence electrons. The van der Waals surface area contributed by atoms with Crippen LogP contribution in [0.4, 0.5) is 26.3 Å². The molecule has 1 aromatic carbocycles. The minimum atomic E-state index is -4.94. The minimum absolute atomic E-state index is 0.525. The van der Waals surface area contributed by atoms with Crippen LogP contribution in [0.5, 0.6) is 0 Å². The molecule has 1 heterocycles. The largest absolute Gasteiger partial charge is 0.417 e. The van der Waals surface area contributed by atoms with Crippen molar-refractivity contribution < 1.29 is 26.3 Å². The van der Waals surface area contributed by atoms with Crippen molar-refractivity contribution in [3.05, 3.63) is 47.3 Å². The Kier molecular flexibility index (Phi) is 3.65. The van der Waals surface area contributed by atoms with Gasteiger partial charge in [-0.15, -0.1) is 0 Å². The number of aromatic nitrogens is 2. The van der Waals surface area contributed by atoms with Crippen molar-refractivity contribution in [2.45, 2.75) is 19.3 Å². The van der Waals surface area contributed by atoms with Gasteiger partial charge in [0.05, 0.1) is 11.1 Å². The molecule has 0 saturated heterocycles. The summed E-state index contributed by atoms with van der Waals surface area (Å²) in [5, 5.41) is 0. The Labute approximate surface area is 115 Å². The van der Waals surface area contributed by atoms with Crippen LogP contribution in [0.3, 0.4) is 0 Å². The van der Waals surface area contributed by atoms with Crippen LogP contribution in [-0.2, 0) is 12.4 Å². The second-order valence-corrected chi connectivity index (χ2v) is 4.31. The van der Waals surface area contributed by atoms with E-state index in [1.807, 2.05) is 0 Å². The molecule has 1 aromatic heterocycles. The summed E-state index contributed by atoms with van der Waals surface area (Å²) in [5.74, 6) is -0.610. The van der Waals surface area contributed by atoms with Gasteiger partial charge >= 0.3 is 12.4 Å². The summed E-state index contributed by atoms with van der Waals surface area (Å²) in [6.45, 7) is 1.57. The highest BCUT2D eigenvalue weighted by atomic mass is 19.4. The molecule has 0 fully saturated rings. The second kappa shape index (κ2) is 5.01. The minimum Gasteiger partial charge on any atom is -0.236 e. The van der Waals surface area contributed by atoms with E-state index in [0.717, 1.165) is 12.4 Å². The van der Waals surface area contributed by atoms with E-state index < -0.39 is 34.9 Å². The zero-order chi connectivity index (χ0) is 15.8. The maximum absolute atomic E-state index is 13.0. The fourth-order valence-corrected chi connectivity index (χ4v) is 1.79.